The van der Waals surface area contributed by atoms with E-state index in [2.05, 4.69) is 17.2 Å². The van der Waals surface area contributed by atoms with Crippen molar-refractivity contribution in [1.82, 2.24) is 10.3 Å². The average molecular weight is 245 g/mol. The molecule has 2 nitrogen and oxygen atoms in total. The molecule has 0 aliphatic carbocycles. The Balaban J connectivity index is 2.45. The highest BCUT2D eigenvalue weighted by Gasteiger charge is 2.07. The maximum absolute atomic E-state index is 6.02. The molecule has 0 saturated carbocycles. The zero-order chi connectivity index (χ0) is 11.1. The summed E-state index contributed by atoms with van der Waals surface area (Å²) >= 11 is 7.74. The predicted molar refractivity (Wildman–Crippen MR) is 67.7 cm³/mol. The summed E-state index contributed by atoms with van der Waals surface area (Å²) in [5.41, 5.74) is 0. The Hall–Kier alpha value is -0.250. The van der Waals surface area contributed by atoms with Crippen LogP contribution < -0.4 is 5.32 Å². The molecule has 0 aromatic carbocycles. The number of hydrogen-bond acceptors (Lipinski definition) is 3. The van der Waals surface area contributed by atoms with E-state index in [1.807, 2.05) is 19.2 Å². The maximum Gasteiger partial charge on any atom is 0.115 e. The van der Waals surface area contributed by atoms with Crippen LogP contribution in [0.1, 0.15) is 19.8 Å². The van der Waals surface area contributed by atoms with Crippen molar-refractivity contribution in [3.05, 3.63) is 23.4 Å². The van der Waals surface area contributed by atoms with Crippen LogP contribution in [0.4, 0.5) is 0 Å². The second kappa shape index (κ2) is 7.09. The summed E-state index contributed by atoms with van der Waals surface area (Å²) in [4.78, 5) is 4.25. The van der Waals surface area contributed by atoms with Crippen molar-refractivity contribution in [1.29, 1.82) is 0 Å². The summed E-state index contributed by atoms with van der Waals surface area (Å²) in [7, 11) is 2.00. The Labute approximate surface area is 101 Å². The Morgan fingerprint density at radius 3 is 3.00 bits per heavy atom. The van der Waals surface area contributed by atoms with Gasteiger partial charge in [0.25, 0.3) is 0 Å². The Morgan fingerprint density at radius 2 is 2.40 bits per heavy atom. The van der Waals surface area contributed by atoms with Gasteiger partial charge in [0.15, 0.2) is 0 Å². The molecule has 1 rings (SSSR count). The van der Waals surface area contributed by atoms with Crippen LogP contribution in [-0.4, -0.2) is 23.8 Å². The van der Waals surface area contributed by atoms with Crippen LogP contribution in [0.3, 0.4) is 0 Å². The van der Waals surface area contributed by atoms with E-state index in [0.717, 1.165) is 15.8 Å². The predicted octanol–water partition coefficient (Wildman–Crippen LogP) is 3.22. The second-order valence-corrected chi connectivity index (χ2v) is 4.79. The number of nitrogens with one attached hydrogen (secondary N) is 1. The molecule has 0 amide bonds. The van der Waals surface area contributed by atoms with Crippen molar-refractivity contribution in [3.63, 3.8) is 0 Å². The highest BCUT2D eigenvalue weighted by molar-refractivity contribution is 7.99. The number of nitrogens with zero attached hydrogens (tertiary/aromatic N) is 1. The molecule has 0 bridgehead atoms. The van der Waals surface area contributed by atoms with Gasteiger partial charge in [0, 0.05) is 18.0 Å². The fraction of sp³-hybridized carbons (Fsp3) is 0.545. The van der Waals surface area contributed by atoms with Gasteiger partial charge in [0.05, 0.1) is 5.02 Å². The molecule has 1 unspecified atom stereocenters. The van der Waals surface area contributed by atoms with Gasteiger partial charge in [-0.25, -0.2) is 4.98 Å². The number of hydrogen-bond donors (Lipinski definition) is 1. The fourth-order valence-electron chi connectivity index (χ4n) is 1.32. The molecule has 1 aromatic heterocycles. The fourth-order valence-corrected chi connectivity index (χ4v) is 2.64. The lowest BCUT2D eigenvalue weighted by molar-refractivity contribution is 0.564. The highest BCUT2D eigenvalue weighted by Crippen LogP contribution is 2.25. The topological polar surface area (TPSA) is 24.9 Å². The summed E-state index contributed by atoms with van der Waals surface area (Å²) in [6.45, 7) is 2.20. The first-order valence-electron chi connectivity index (χ1n) is 5.18. The molecular weight excluding hydrogens is 228 g/mol. The molecule has 1 aromatic rings. The van der Waals surface area contributed by atoms with Crippen molar-refractivity contribution in [2.24, 2.45) is 0 Å². The smallest absolute Gasteiger partial charge is 0.115 e. The summed E-state index contributed by atoms with van der Waals surface area (Å²) < 4.78 is 0. The minimum atomic E-state index is 0.540. The summed E-state index contributed by atoms with van der Waals surface area (Å²) in [5.74, 6) is 1.01. The van der Waals surface area contributed by atoms with E-state index in [4.69, 9.17) is 11.6 Å². The molecule has 0 aliphatic rings. The van der Waals surface area contributed by atoms with E-state index in [0.29, 0.717) is 6.04 Å². The quantitative estimate of drug-likeness (QED) is 0.778. The largest absolute Gasteiger partial charge is 0.316 e. The Morgan fingerprint density at radius 1 is 1.60 bits per heavy atom. The van der Waals surface area contributed by atoms with Gasteiger partial charge in [-0.15, -0.1) is 11.8 Å². The molecule has 1 N–H and O–H groups in total. The van der Waals surface area contributed by atoms with Crippen molar-refractivity contribution < 1.29 is 0 Å². The highest BCUT2D eigenvalue weighted by atomic mass is 35.5. The van der Waals surface area contributed by atoms with Crippen LogP contribution in [0, 0.1) is 0 Å². The summed E-state index contributed by atoms with van der Waals surface area (Å²) in [5, 5.41) is 4.97. The molecule has 0 radical (unpaired) electrons. The average Bonchev–Trinajstić information content (AvgIpc) is 2.26. The van der Waals surface area contributed by atoms with Crippen molar-refractivity contribution in [2.75, 3.05) is 12.8 Å². The van der Waals surface area contributed by atoms with Crippen molar-refractivity contribution in [3.8, 4) is 0 Å². The summed E-state index contributed by atoms with van der Waals surface area (Å²) in [6, 6.07) is 4.28. The lowest BCUT2D eigenvalue weighted by Crippen LogP contribution is -2.27. The molecule has 15 heavy (non-hydrogen) atoms. The van der Waals surface area contributed by atoms with Gasteiger partial charge in [0.1, 0.15) is 5.03 Å². The van der Waals surface area contributed by atoms with Gasteiger partial charge in [-0.2, -0.15) is 0 Å². The SMILES string of the molecule is CCCC(CSc1ncccc1Cl)NC. The third-order valence-corrected chi connectivity index (χ3v) is 3.78. The number of rotatable bonds is 6. The molecule has 0 saturated heterocycles. The number of halogens is 1. The van der Waals surface area contributed by atoms with Gasteiger partial charge >= 0.3 is 0 Å². The van der Waals surface area contributed by atoms with Crippen LogP contribution in [0.25, 0.3) is 0 Å². The van der Waals surface area contributed by atoms with Gasteiger partial charge < -0.3 is 5.32 Å². The zero-order valence-electron chi connectivity index (χ0n) is 9.16. The van der Waals surface area contributed by atoms with Crippen LogP contribution in [0.15, 0.2) is 23.4 Å². The van der Waals surface area contributed by atoms with E-state index in [9.17, 15) is 0 Å². The van der Waals surface area contributed by atoms with E-state index in [1.54, 1.807) is 18.0 Å². The molecule has 84 valence electrons. The first-order valence-corrected chi connectivity index (χ1v) is 6.54. The van der Waals surface area contributed by atoms with Gasteiger partial charge in [-0.05, 0) is 25.6 Å². The normalized spacial score (nSPS) is 12.7. The zero-order valence-corrected chi connectivity index (χ0v) is 10.7. The minimum Gasteiger partial charge on any atom is -0.316 e. The molecule has 1 heterocycles. The molecular formula is C11H17ClN2S. The molecule has 0 fully saturated rings. The van der Waals surface area contributed by atoms with Crippen LogP contribution in [0.5, 0.6) is 0 Å². The molecule has 0 spiro atoms. The monoisotopic (exact) mass is 244 g/mol. The van der Waals surface area contributed by atoms with E-state index < -0.39 is 0 Å². The van der Waals surface area contributed by atoms with Gasteiger partial charge in [-0.3, -0.25) is 0 Å². The van der Waals surface area contributed by atoms with Gasteiger partial charge in [-0.1, -0.05) is 24.9 Å². The van der Waals surface area contributed by atoms with E-state index in [1.165, 1.54) is 12.8 Å². The van der Waals surface area contributed by atoms with Gasteiger partial charge in [0.2, 0.25) is 0 Å². The molecule has 4 heteroatoms. The third-order valence-electron chi connectivity index (χ3n) is 2.19. The van der Waals surface area contributed by atoms with E-state index in [-0.39, 0.29) is 0 Å². The van der Waals surface area contributed by atoms with Crippen molar-refractivity contribution >= 4 is 23.4 Å². The van der Waals surface area contributed by atoms with Crippen LogP contribution in [0.2, 0.25) is 5.02 Å². The summed E-state index contributed by atoms with van der Waals surface area (Å²) in [6.07, 6.45) is 4.17. The lowest BCUT2D eigenvalue weighted by atomic mass is 10.2. The Kier molecular flexibility index (Phi) is 6.06. The third kappa shape index (κ3) is 4.41. The molecule has 1 atom stereocenters. The van der Waals surface area contributed by atoms with E-state index >= 15 is 0 Å². The first kappa shape index (κ1) is 12.8. The second-order valence-electron chi connectivity index (χ2n) is 3.38. The number of thioether (sulfide) groups is 1. The molecule has 0 aliphatic heterocycles. The Bertz CT molecular complexity index is 294. The lowest BCUT2D eigenvalue weighted by Gasteiger charge is -2.14. The number of pyridine rings is 1. The standard InChI is InChI=1S/C11H17ClN2S/c1-3-5-9(13-2)8-15-11-10(12)6-4-7-14-11/h4,6-7,9,13H,3,5,8H2,1-2H3. The van der Waals surface area contributed by atoms with Crippen LogP contribution >= 0.6 is 23.4 Å². The first-order chi connectivity index (χ1) is 7.27. The maximum atomic E-state index is 6.02. The van der Waals surface area contributed by atoms with Crippen molar-refractivity contribution in [2.45, 2.75) is 30.8 Å². The minimum absolute atomic E-state index is 0.540. The van der Waals surface area contributed by atoms with Crippen LogP contribution in [-0.2, 0) is 0 Å². The number of aromatic nitrogens is 1.